The van der Waals surface area contributed by atoms with Gasteiger partial charge < -0.3 is 10.0 Å². The van der Waals surface area contributed by atoms with Gasteiger partial charge in [-0.1, -0.05) is 30.3 Å². The van der Waals surface area contributed by atoms with Gasteiger partial charge in [0.2, 0.25) is 5.91 Å². The van der Waals surface area contributed by atoms with Crippen molar-refractivity contribution >= 4 is 5.91 Å². The van der Waals surface area contributed by atoms with Crippen LogP contribution >= 0.6 is 0 Å². The zero-order chi connectivity index (χ0) is 17.5. The van der Waals surface area contributed by atoms with Crippen LogP contribution in [-0.4, -0.2) is 77.6 Å². The number of nitrogens with zero attached hydrogens (tertiary/aromatic N) is 3. The molecule has 134 valence electrons. The molecule has 1 aromatic rings. The molecule has 2 rings (SSSR count). The van der Waals surface area contributed by atoms with E-state index in [4.69, 9.17) is 0 Å². The molecule has 5 heteroatoms. The maximum absolute atomic E-state index is 13.1. The van der Waals surface area contributed by atoms with Gasteiger partial charge in [0, 0.05) is 45.8 Å². The smallest absolute Gasteiger partial charge is 0.244 e. The summed E-state index contributed by atoms with van der Waals surface area (Å²) in [5.74, 6) is 0.190. The van der Waals surface area contributed by atoms with Crippen LogP contribution in [0.15, 0.2) is 30.3 Å². The molecule has 0 unspecified atom stereocenters. The average Bonchev–Trinajstić information content (AvgIpc) is 2.58. The lowest BCUT2D eigenvalue weighted by Gasteiger charge is -2.40. The Labute approximate surface area is 145 Å². The Morgan fingerprint density at radius 3 is 2.21 bits per heavy atom. The van der Waals surface area contributed by atoms with E-state index in [0.29, 0.717) is 6.54 Å². The molecule has 24 heavy (non-hydrogen) atoms. The van der Waals surface area contributed by atoms with E-state index in [2.05, 4.69) is 9.80 Å². The maximum atomic E-state index is 13.1. The Bertz CT molecular complexity index is 495. The fourth-order valence-electron chi connectivity index (χ4n) is 3.43. The van der Waals surface area contributed by atoms with E-state index in [1.54, 1.807) is 0 Å². The van der Waals surface area contributed by atoms with Crippen molar-refractivity contribution in [2.75, 3.05) is 45.8 Å². The minimum absolute atomic E-state index is 0.190. The highest BCUT2D eigenvalue weighted by Crippen LogP contribution is 2.24. The SMILES string of the molecule is CCN(CC)C(=O)[C@@H](c1ccccc1)N1CCN(C[C@H](C)O)CC1. The van der Waals surface area contributed by atoms with Gasteiger partial charge in [0.05, 0.1) is 6.10 Å². The van der Waals surface area contributed by atoms with Crippen molar-refractivity contribution in [3.05, 3.63) is 35.9 Å². The lowest BCUT2D eigenvalue weighted by molar-refractivity contribution is -0.137. The van der Waals surface area contributed by atoms with E-state index in [1.807, 2.05) is 56.0 Å². The number of amides is 1. The van der Waals surface area contributed by atoms with E-state index < -0.39 is 0 Å². The number of hydrogen-bond acceptors (Lipinski definition) is 4. The van der Waals surface area contributed by atoms with E-state index in [9.17, 15) is 9.90 Å². The molecule has 1 aliphatic heterocycles. The van der Waals surface area contributed by atoms with E-state index in [1.165, 1.54) is 0 Å². The molecule has 2 atom stereocenters. The maximum Gasteiger partial charge on any atom is 0.244 e. The van der Waals surface area contributed by atoms with E-state index in [-0.39, 0.29) is 18.1 Å². The molecular formula is C19H31N3O2. The molecule has 1 aliphatic rings. The van der Waals surface area contributed by atoms with Crippen LogP contribution in [-0.2, 0) is 4.79 Å². The predicted molar refractivity (Wildman–Crippen MR) is 96.8 cm³/mol. The quantitative estimate of drug-likeness (QED) is 0.823. The molecule has 1 N–H and O–H groups in total. The largest absolute Gasteiger partial charge is 0.392 e. The van der Waals surface area contributed by atoms with Gasteiger partial charge >= 0.3 is 0 Å². The third-order valence-electron chi connectivity index (χ3n) is 4.72. The van der Waals surface area contributed by atoms with Crippen LogP contribution in [0.3, 0.4) is 0 Å². The monoisotopic (exact) mass is 333 g/mol. The first-order valence-electron chi connectivity index (χ1n) is 9.05. The van der Waals surface area contributed by atoms with Gasteiger partial charge in [-0.15, -0.1) is 0 Å². The highest BCUT2D eigenvalue weighted by molar-refractivity contribution is 5.83. The van der Waals surface area contributed by atoms with Crippen molar-refractivity contribution in [1.82, 2.24) is 14.7 Å². The van der Waals surface area contributed by atoms with Crippen molar-refractivity contribution in [3.63, 3.8) is 0 Å². The van der Waals surface area contributed by atoms with Crippen molar-refractivity contribution < 1.29 is 9.90 Å². The summed E-state index contributed by atoms with van der Waals surface area (Å²) < 4.78 is 0. The first-order chi connectivity index (χ1) is 11.6. The van der Waals surface area contributed by atoms with Gasteiger partial charge in [-0.2, -0.15) is 0 Å². The van der Waals surface area contributed by atoms with Crippen molar-refractivity contribution in [2.45, 2.75) is 32.9 Å². The highest BCUT2D eigenvalue weighted by atomic mass is 16.3. The van der Waals surface area contributed by atoms with Gasteiger partial charge in [-0.05, 0) is 26.3 Å². The fourth-order valence-corrected chi connectivity index (χ4v) is 3.43. The first kappa shape index (κ1) is 18.9. The zero-order valence-corrected chi connectivity index (χ0v) is 15.2. The standard InChI is InChI=1S/C19H31N3O2/c1-4-21(5-2)19(24)18(17-9-7-6-8-10-17)22-13-11-20(12-14-22)15-16(3)23/h6-10,16,18,23H,4-5,11-15H2,1-3H3/t16-,18+/m0/s1. The van der Waals surface area contributed by atoms with Crippen molar-refractivity contribution in [3.8, 4) is 0 Å². The Morgan fingerprint density at radius 1 is 1.12 bits per heavy atom. The third kappa shape index (κ3) is 4.79. The zero-order valence-electron chi connectivity index (χ0n) is 15.2. The normalized spacial score (nSPS) is 19.0. The molecule has 1 aromatic carbocycles. The molecule has 0 bridgehead atoms. The molecular weight excluding hydrogens is 302 g/mol. The summed E-state index contributed by atoms with van der Waals surface area (Å²) in [7, 11) is 0. The Balaban J connectivity index is 2.14. The Kier molecular flexibility index (Phi) is 7.21. The number of carbonyl (C=O) groups is 1. The second-order valence-corrected chi connectivity index (χ2v) is 6.51. The molecule has 0 aliphatic carbocycles. The molecule has 0 spiro atoms. The lowest BCUT2D eigenvalue weighted by atomic mass is 10.0. The second kappa shape index (κ2) is 9.16. The summed E-state index contributed by atoms with van der Waals surface area (Å²) in [5, 5.41) is 9.57. The highest BCUT2D eigenvalue weighted by Gasteiger charge is 2.32. The van der Waals surface area contributed by atoms with Crippen LogP contribution in [0.1, 0.15) is 32.4 Å². The average molecular weight is 333 g/mol. The topological polar surface area (TPSA) is 47.0 Å². The van der Waals surface area contributed by atoms with Crippen LogP contribution in [0.25, 0.3) is 0 Å². The van der Waals surface area contributed by atoms with Crippen LogP contribution in [0.4, 0.5) is 0 Å². The summed E-state index contributed by atoms with van der Waals surface area (Å²) in [6.07, 6.45) is -0.307. The molecule has 5 nitrogen and oxygen atoms in total. The van der Waals surface area contributed by atoms with E-state index >= 15 is 0 Å². The first-order valence-corrected chi connectivity index (χ1v) is 9.05. The number of β-amino-alcohol motifs (C(OH)–C–C–N with tert-alkyl or cyclic N) is 1. The second-order valence-electron chi connectivity index (χ2n) is 6.51. The molecule has 0 aromatic heterocycles. The van der Waals surface area contributed by atoms with Crippen LogP contribution < -0.4 is 0 Å². The predicted octanol–water partition coefficient (Wildman–Crippen LogP) is 1.59. The summed E-state index contributed by atoms with van der Waals surface area (Å²) in [5.41, 5.74) is 1.07. The number of aliphatic hydroxyl groups excluding tert-OH is 1. The van der Waals surface area contributed by atoms with Crippen LogP contribution in [0.2, 0.25) is 0 Å². The lowest BCUT2D eigenvalue weighted by Crippen LogP contribution is -2.52. The van der Waals surface area contributed by atoms with E-state index in [0.717, 1.165) is 44.8 Å². The van der Waals surface area contributed by atoms with Crippen molar-refractivity contribution in [1.29, 1.82) is 0 Å². The number of carbonyl (C=O) groups excluding carboxylic acids is 1. The molecule has 1 amide bonds. The van der Waals surface area contributed by atoms with Gasteiger partial charge in [0.15, 0.2) is 0 Å². The van der Waals surface area contributed by atoms with Crippen LogP contribution in [0, 0.1) is 0 Å². The van der Waals surface area contributed by atoms with Gasteiger partial charge in [-0.25, -0.2) is 0 Å². The molecule has 1 saturated heterocycles. The Hall–Kier alpha value is -1.43. The Morgan fingerprint density at radius 2 is 1.71 bits per heavy atom. The van der Waals surface area contributed by atoms with Gasteiger partial charge in [0.25, 0.3) is 0 Å². The van der Waals surface area contributed by atoms with Gasteiger partial charge in [-0.3, -0.25) is 14.6 Å². The van der Waals surface area contributed by atoms with Crippen LogP contribution in [0.5, 0.6) is 0 Å². The number of benzene rings is 1. The fraction of sp³-hybridized carbons (Fsp3) is 0.632. The number of piperazine rings is 1. The summed E-state index contributed by atoms with van der Waals surface area (Å²) >= 11 is 0. The van der Waals surface area contributed by atoms with Gasteiger partial charge in [0.1, 0.15) is 6.04 Å². The molecule has 1 heterocycles. The number of likely N-dealkylation sites (N-methyl/N-ethyl adjacent to an activating group) is 1. The summed E-state index contributed by atoms with van der Waals surface area (Å²) in [6.45, 7) is 11.5. The molecule has 0 radical (unpaired) electrons. The molecule has 0 saturated carbocycles. The minimum Gasteiger partial charge on any atom is -0.392 e. The third-order valence-corrected chi connectivity index (χ3v) is 4.72. The number of rotatable bonds is 7. The summed E-state index contributed by atoms with van der Waals surface area (Å²) in [6, 6.07) is 9.88. The summed E-state index contributed by atoms with van der Waals surface area (Å²) in [4.78, 5) is 19.6. The number of aliphatic hydroxyl groups is 1. The number of hydrogen-bond donors (Lipinski definition) is 1. The van der Waals surface area contributed by atoms with Crippen molar-refractivity contribution in [2.24, 2.45) is 0 Å². The molecule has 1 fully saturated rings. The minimum atomic E-state index is -0.307.